The Kier molecular flexibility index (Phi) is 7.97. The highest BCUT2D eigenvalue weighted by atomic mass is 16.5. The third-order valence-corrected chi connectivity index (χ3v) is 5.74. The molecule has 1 aliphatic rings. The van der Waals surface area contributed by atoms with Crippen LogP contribution in [0, 0.1) is 0 Å². The quantitative estimate of drug-likeness (QED) is 0.326. The maximum Gasteiger partial charge on any atom is 0.261 e. The predicted molar refractivity (Wildman–Crippen MR) is 133 cm³/mol. The number of nitrogens with one attached hydrogen (secondary N) is 1. The summed E-state index contributed by atoms with van der Waals surface area (Å²) in [4.78, 5) is 39.8. The van der Waals surface area contributed by atoms with Crippen molar-refractivity contribution in [2.75, 3.05) is 26.9 Å². The Balaban J connectivity index is 1.45. The van der Waals surface area contributed by atoms with Gasteiger partial charge in [0.15, 0.2) is 0 Å². The van der Waals surface area contributed by atoms with Crippen LogP contribution in [0.1, 0.15) is 49.1 Å². The van der Waals surface area contributed by atoms with Crippen LogP contribution in [0.4, 0.5) is 0 Å². The van der Waals surface area contributed by atoms with Gasteiger partial charge in [-0.2, -0.15) is 0 Å². The molecule has 1 heterocycles. The number of benzene rings is 3. The van der Waals surface area contributed by atoms with Crippen LogP contribution in [0.15, 0.2) is 66.7 Å². The van der Waals surface area contributed by atoms with E-state index in [1.54, 1.807) is 49.6 Å². The number of carbonyl (C=O) groups is 3. The SMILES string of the molecule is CCOc1ccc(CN2C(=O)c3ccccc3C2=O)cc1C(=O)NCc1ccc(OCCOC)cc1. The van der Waals surface area contributed by atoms with E-state index in [0.717, 1.165) is 11.3 Å². The normalized spacial score (nSPS) is 12.4. The number of imide groups is 1. The van der Waals surface area contributed by atoms with E-state index in [-0.39, 0.29) is 24.3 Å². The molecule has 0 aliphatic carbocycles. The second-order valence-electron chi connectivity index (χ2n) is 8.17. The Morgan fingerprint density at radius 3 is 2.17 bits per heavy atom. The average molecular weight is 489 g/mol. The molecular weight excluding hydrogens is 460 g/mol. The van der Waals surface area contributed by atoms with Gasteiger partial charge in [-0.15, -0.1) is 0 Å². The molecule has 1 N–H and O–H groups in total. The van der Waals surface area contributed by atoms with E-state index in [4.69, 9.17) is 14.2 Å². The van der Waals surface area contributed by atoms with E-state index in [2.05, 4.69) is 5.32 Å². The van der Waals surface area contributed by atoms with E-state index < -0.39 is 0 Å². The summed E-state index contributed by atoms with van der Waals surface area (Å²) in [6.07, 6.45) is 0. The van der Waals surface area contributed by atoms with E-state index in [0.29, 0.717) is 54.4 Å². The Bertz CT molecular complexity index is 1220. The van der Waals surface area contributed by atoms with Gasteiger partial charge in [0.1, 0.15) is 18.1 Å². The predicted octanol–water partition coefficient (Wildman–Crippen LogP) is 3.84. The molecule has 36 heavy (non-hydrogen) atoms. The molecule has 0 aromatic heterocycles. The van der Waals surface area contributed by atoms with Crippen molar-refractivity contribution in [3.8, 4) is 11.5 Å². The minimum absolute atomic E-state index is 0.0591. The molecule has 0 unspecified atom stereocenters. The number of fused-ring (bicyclic) bond motifs is 1. The Hall–Kier alpha value is -4.17. The Labute approximate surface area is 209 Å². The summed E-state index contributed by atoms with van der Waals surface area (Å²) in [5, 5.41) is 2.91. The first kappa shape index (κ1) is 24.9. The summed E-state index contributed by atoms with van der Waals surface area (Å²) in [6, 6.07) is 19.3. The summed E-state index contributed by atoms with van der Waals surface area (Å²) >= 11 is 0. The highest BCUT2D eigenvalue weighted by molar-refractivity contribution is 6.21. The Morgan fingerprint density at radius 2 is 1.53 bits per heavy atom. The van der Waals surface area contributed by atoms with E-state index in [1.807, 2.05) is 31.2 Å². The van der Waals surface area contributed by atoms with Crippen LogP contribution >= 0.6 is 0 Å². The molecule has 8 nitrogen and oxygen atoms in total. The number of ether oxygens (including phenoxy) is 3. The molecule has 3 amide bonds. The highest BCUT2D eigenvalue weighted by Crippen LogP contribution is 2.26. The maximum atomic E-state index is 13.1. The second kappa shape index (κ2) is 11.5. The third-order valence-electron chi connectivity index (χ3n) is 5.74. The minimum Gasteiger partial charge on any atom is -0.493 e. The van der Waals surface area contributed by atoms with Crippen LogP contribution in [0.2, 0.25) is 0 Å². The van der Waals surface area contributed by atoms with Crippen LogP contribution in [0.25, 0.3) is 0 Å². The fourth-order valence-corrected chi connectivity index (χ4v) is 3.92. The lowest BCUT2D eigenvalue weighted by Crippen LogP contribution is -2.29. The summed E-state index contributed by atoms with van der Waals surface area (Å²) < 4.78 is 16.2. The molecule has 4 rings (SSSR count). The van der Waals surface area contributed by atoms with Gasteiger partial charge in [0, 0.05) is 13.7 Å². The monoisotopic (exact) mass is 488 g/mol. The second-order valence-corrected chi connectivity index (χ2v) is 8.17. The lowest BCUT2D eigenvalue weighted by molar-refractivity contribution is 0.0642. The summed E-state index contributed by atoms with van der Waals surface area (Å²) in [5.74, 6) is 0.156. The summed E-state index contributed by atoms with van der Waals surface area (Å²) in [6.45, 7) is 3.57. The molecule has 0 fully saturated rings. The molecule has 0 bridgehead atoms. The number of amides is 3. The van der Waals surface area contributed by atoms with Gasteiger partial charge >= 0.3 is 0 Å². The number of rotatable bonds is 11. The summed E-state index contributed by atoms with van der Waals surface area (Å²) in [5.41, 5.74) is 2.67. The molecule has 0 atom stereocenters. The van der Waals surface area contributed by atoms with Crippen molar-refractivity contribution in [1.29, 1.82) is 0 Å². The zero-order chi connectivity index (χ0) is 25.5. The van der Waals surface area contributed by atoms with Gasteiger partial charge in [-0.25, -0.2) is 0 Å². The average Bonchev–Trinajstić information content (AvgIpc) is 3.14. The third kappa shape index (κ3) is 5.55. The molecular formula is C28H28N2O6. The Morgan fingerprint density at radius 1 is 0.861 bits per heavy atom. The first-order valence-corrected chi connectivity index (χ1v) is 11.7. The van der Waals surface area contributed by atoms with Crippen molar-refractivity contribution in [2.24, 2.45) is 0 Å². The van der Waals surface area contributed by atoms with Crippen LogP contribution in [0.3, 0.4) is 0 Å². The molecule has 8 heteroatoms. The zero-order valence-corrected chi connectivity index (χ0v) is 20.3. The lowest BCUT2D eigenvalue weighted by atomic mass is 10.1. The van der Waals surface area contributed by atoms with Crippen LogP contribution in [0.5, 0.6) is 11.5 Å². The van der Waals surface area contributed by atoms with Gasteiger partial charge in [-0.3, -0.25) is 19.3 Å². The lowest BCUT2D eigenvalue weighted by Gasteiger charge is -2.16. The van der Waals surface area contributed by atoms with Gasteiger partial charge in [-0.05, 0) is 54.4 Å². The molecule has 3 aromatic rings. The smallest absolute Gasteiger partial charge is 0.261 e. The number of nitrogens with zero attached hydrogens (tertiary/aromatic N) is 1. The number of carbonyl (C=O) groups excluding carboxylic acids is 3. The van der Waals surface area contributed by atoms with Crippen molar-refractivity contribution in [2.45, 2.75) is 20.0 Å². The number of hydrogen-bond donors (Lipinski definition) is 1. The van der Waals surface area contributed by atoms with E-state index in [1.165, 1.54) is 4.90 Å². The maximum absolute atomic E-state index is 13.1. The van der Waals surface area contributed by atoms with E-state index in [9.17, 15) is 14.4 Å². The highest BCUT2D eigenvalue weighted by Gasteiger charge is 2.35. The largest absolute Gasteiger partial charge is 0.493 e. The fraction of sp³-hybridized carbons (Fsp3) is 0.250. The first-order chi connectivity index (χ1) is 17.5. The molecule has 1 aliphatic heterocycles. The van der Waals surface area contributed by atoms with Crippen LogP contribution in [-0.4, -0.2) is 49.6 Å². The molecule has 0 saturated carbocycles. The molecule has 3 aromatic carbocycles. The van der Waals surface area contributed by atoms with Gasteiger partial charge < -0.3 is 19.5 Å². The van der Waals surface area contributed by atoms with Crippen LogP contribution in [-0.2, 0) is 17.8 Å². The number of methoxy groups -OCH3 is 1. The van der Waals surface area contributed by atoms with Crippen molar-refractivity contribution in [1.82, 2.24) is 10.2 Å². The zero-order valence-electron chi connectivity index (χ0n) is 20.3. The van der Waals surface area contributed by atoms with E-state index >= 15 is 0 Å². The summed E-state index contributed by atoms with van der Waals surface area (Å²) in [7, 11) is 1.62. The minimum atomic E-state index is -0.342. The molecule has 186 valence electrons. The topological polar surface area (TPSA) is 94.2 Å². The van der Waals surface area contributed by atoms with Gasteiger partial charge in [0.05, 0.1) is 36.4 Å². The van der Waals surface area contributed by atoms with Crippen molar-refractivity contribution in [3.05, 3.63) is 94.5 Å². The van der Waals surface area contributed by atoms with Gasteiger partial charge in [-0.1, -0.05) is 30.3 Å². The molecule has 0 spiro atoms. The van der Waals surface area contributed by atoms with Gasteiger partial charge in [0.25, 0.3) is 17.7 Å². The fourth-order valence-electron chi connectivity index (χ4n) is 3.92. The first-order valence-electron chi connectivity index (χ1n) is 11.7. The standard InChI is InChI=1S/C28H28N2O6/c1-3-35-25-13-10-20(18-30-27(32)22-6-4-5-7-23(22)28(30)33)16-24(25)26(31)29-17-19-8-11-21(12-9-19)36-15-14-34-2/h4-13,16H,3,14-15,17-18H2,1-2H3,(H,29,31). The molecule has 0 radical (unpaired) electrons. The number of hydrogen-bond acceptors (Lipinski definition) is 6. The van der Waals surface area contributed by atoms with Crippen molar-refractivity contribution < 1.29 is 28.6 Å². The van der Waals surface area contributed by atoms with Crippen molar-refractivity contribution in [3.63, 3.8) is 0 Å². The van der Waals surface area contributed by atoms with Gasteiger partial charge in [0.2, 0.25) is 0 Å². The van der Waals surface area contributed by atoms with Crippen molar-refractivity contribution >= 4 is 17.7 Å². The van der Waals surface area contributed by atoms with Crippen LogP contribution < -0.4 is 14.8 Å². The molecule has 0 saturated heterocycles.